The van der Waals surface area contributed by atoms with Gasteiger partial charge >= 0.3 is 0 Å². The van der Waals surface area contributed by atoms with Crippen molar-refractivity contribution in [1.29, 1.82) is 0 Å². The summed E-state index contributed by atoms with van der Waals surface area (Å²) in [7, 11) is 0. The van der Waals surface area contributed by atoms with Gasteiger partial charge in [0.2, 0.25) is 0 Å². The van der Waals surface area contributed by atoms with E-state index in [9.17, 15) is 9.90 Å². The number of aromatic nitrogens is 1. The average molecular weight is 266 g/mol. The number of carbonyl (C=O) groups is 1. The number of aromatic amines is 1. The van der Waals surface area contributed by atoms with E-state index in [1.54, 1.807) is 11.3 Å². The van der Waals surface area contributed by atoms with Crippen LogP contribution in [0.5, 0.6) is 0 Å². The van der Waals surface area contributed by atoms with Crippen LogP contribution < -0.4 is 5.32 Å². The highest BCUT2D eigenvalue weighted by Gasteiger charge is 2.26. The zero-order valence-corrected chi connectivity index (χ0v) is 10.5. The summed E-state index contributed by atoms with van der Waals surface area (Å²) >= 11 is 1.60. The molecule has 3 heterocycles. The van der Waals surface area contributed by atoms with Crippen molar-refractivity contribution in [3.8, 4) is 0 Å². The first-order valence-corrected chi connectivity index (χ1v) is 6.72. The monoisotopic (exact) mass is 266 g/mol. The molecule has 0 saturated carbocycles. The molecule has 1 saturated heterocycles. The highest BCUT2D eigenvalue weighted by Crippen LogP contribution is 2.21. The summed E-state index contributed by atoms with van der Waals surface area (Å²) in [5, 5.41) is 14.4. The summed E-state index contributed by atoms with van der Waals surface area (Å²) in [5.74, 6) is -0.150. The van der Waals surface area contributed by atoms with Gasteiger partial charge in [0.25, 0.3) is 5.91 Å². The normalized spacial score (nSPS) is 23.6. The van der Waals surface area contributed by atoms with Crippen LogP contribution in [0.15, 0.2) is 17.5 Å². The summed E-state index contributed by atoms with van der Waals surface area (Å²) in [4.78, 5) is 15.0. The molecule has 2 aromatic rings. The summed E-state index contributed by atoms with van der Waals surface area (Å²) < 4.78 is 6.21. The minimum atomic E-state index is -0.475. The van der Waals surface area contributed by atoms with E-state index in [-0.39, 0.29) is 11.8 Å². The maximum Gasteiger partial charge on any atom is 0.267 e. The molecule has 5 nitrogen and oxygen atoms in total. The van der Waals surface area contributed by atoms with Crippen LogP contribution in [0.3, 0.4) is 0 Å². The maximum absolute atomic E-state index is 11.9. The van der Waals surface area contributed by atoms with Gasteiger partial charge in [0.15, 0.2) is 0 Å². The van der Waals surface area contributed by atoms with E-state index in [0.29, 0.717) is 25.5 Å². The second-order valence-electron chi connectivity index (χ2n) is 4.46. The second kappa shape index (κ2) is 4.72. The lowest BCUT2D eigenvalue weighted by atomic mass is 10.1. The summed E-state index contributed by atoms with van der Waals surface area (Å²) in [6.07, 6.45) is -0.475. The first kappa shape index (κ1) is 11.7. The summed E-state index contributed by atoms with van der Waals surface area (Å²) in [6.45, 7) is 1.30. The molecule has 1 aliphatic heterocycles. The number of thiophene rings is 1. The molecular formula is C12H14N2O3S. The van der Waals surface area contributed by atoms with Gasteiger partial charge in [-0.25, -0.2) is 0 Å². The van der Waals surface area contributed by atoms with Crippen molar-refractivity contribution in [3.05, 3.63) is 23.2 Å². The highest BCUT2D eigenvalue weighted by molar-refractivity contribution is 7.17. The number of fused-ring (bicyclic) bond motifs is 1. The number of aliphatic hydroxyl groups is 1. The SMILES string of the molecule is O=C(NC[C@H]1COC[C@H]1O)c1cc2sccc2[nH]1. The first-order chi connectivity index (χ1) is 8.74. The molecule has 0 aromatic carbocycles. The Morgan fingerprint density at radius 3 is 3.22 bits per heavy atom. The van der Waals surface area contributed by atoms with Gasteiger partial charge in [-0.3, -0.25) is 4.79 Å². The number of amides is 1. The summed E-state index contributed by atoms with van der Waals surface area (Å²) in [6, 6.07) is 3.79. The quantitative estimate of drug-likeness (QED) is 0.775. The number of ether oxygens (including phenoxy) is 1. The third kappa shape index (κ3) is 2.14. The Hall–Kier alpha value is -1.37. The Labute approximate surface area is 108 Å². The molecule has 0 unspecified atom stereocenters. The van der Waals surface area contributed by atoms with E-state index in [0.717, 1.165) is 10.2 Å². The van der Waals surface area contributed by atoms with Crippen LogP contribution in [0.25, 0.3) is 10.2 Å². The van der Waals surface area contributed by atoms with E-state index in [1.807, 2.05) is 17.5 Å². The zero-order chi connectivity index (χ0) is 12.5. The lowest BCUT2D eigenvalue weighted by Crippen LogP contribution is -2.34. The van der Waals surface area contributed by atoms with E-state index < -0.39 is 6.10 Å². The van der Waals surface area contributed by atoms with Crippen LogP contribution >= 0.6 is 11.3 Å². The molecule has 0 spiro atoms. The van der Waals surface area contributed by atoms with Gasteiger partial charge in [0, 0.05) is 12.5 Å². The Bertz CT molecular complexity index is 534. The van der Waals surface area contributed by atoms with Crippen molar-refractivity contribution in [3.63, 3.8) is 0 Å². The molecule has 0 radical (unpaired) electrons. The number of aliphatic hydroxyl groups excluding tert-OH is 1. The van der Waals surface area contributed by atoms with Gasteiger partial charge in [0.05, 0.1) is 29.5 Å². The average Bonchev–Trinajstić information content (AvgIpc) is 3.00. The van der Waals surface area contributed by atoms with Crippen LogP contribution in [0.2, 0.25) is 0 Å². The van der Waals surface area contributed by atoms with Gasteiger partial charge in [-0.2, -0.15) is 0 Å². The molecule has 1 amide bonds. The fourth-order valence-corrected chi connectivity index (χ4v) is 2.85. The van der Waals surface area contributed by atoms with Crippen molar-refractivity contribution < 1.29 is 14.6 Å². The van der Waals surface area contributed by atoms with Crippen LogP contribution in [0.4, 0.5) is 0 Å². The highest BCUT2D eigenvalue weighted by atomic mass is 32.1. The number of H-pyrrole nitrogens is 1. The minimum absolute atomic E-state index is 0.00923. The van der Waals surface area contributed by atoms with Gasteiger partial charge in [-0.1, -0.05) is 0 Å². The molecule has 0 aliphatic carbocycles. The predicted octanol–water partition coefficient (Wildman–Crippen LogP) is 0.966. The molecule has 0 bridgehead atoms. The minimum Gasteiger partial charge on any atom is -0.390 e. The van der Waals surface area contributed by atoms with Gasteiger partial charge in [-0.05, 0) is 17.5 Å². The zero-order valence-electron chi connectivity index (χ0n) is 9.68. The van der Waals surface area contributed by atoms with Crippen molar-refractivity contribution in [2.24, 2.45) is 5.92 Å². The second-order valence-corrected chi connectivity index (χ2v) is 5.40. The standard InChI is InChI=1S/C12H14N2O3S/c15-10-6-17-5-7(10)4-13-12(16)9-3-11-8(14-9)1-2-18-11/h1-3,7,10,14-15H,4-6H2,(H,13,16)/t7-,10+/m0/s1. The predicted molar refractivity (Wildman–Crippen MR) is 68.8 cm³/mol. The third-order valence-corrected chi connectivity index (χ3v) is 4.04. The topological polar surface area (TPSA) is 74.3 Å². The molecule has 1 aliphatic rings. The Morgan fingerprint density at radius 2 is 2.50 bits per heavy atom. The third-order valence-electron chi connectivity index (χ3n) is 3.17. The van der Waals surface area contributed by atoms with Crippen LogP contribution in [-0.4, -0.2) is 41.9 Å². The smallest absolute Gasteiger partial charge is 0.267 e. The molecule has 3 N–H and O–H groups in total. The molecule has 2 atom stereocenters. The molecule has 96 valence electrons. The van der Waals surface area contributed by atoms with Crippen LogP contribution in [0.1, 0.15) is 10.5 Å². The molecule has 6 heteroatoms. The fourth-order valence-electron chi connectivity index (χ4n) is 2.07. The van der Waals surface area contributed by atoms with E-state index in [4.69, 9.17) is 4.74 Å². The number of nitrogens with one attached hydrogen (secondary N) is 2. The number of hydrogen-bond acceptors (Lipinski definition) is 4. The van der Waals surface area contributed by atoms with Gasteiger partial charge in [-0.15, -0.1) is 11.3 Å². The number of hydrogen-bond donors (Lipinski definition) is 3. The molecule has 3 rings (SSSR count). The lowest BCUT2D eigenvalue weighted by Gasteiger charge is -2.12. The van der Waals surface area contributed by atoms with Crippen LogP contribution in [-0.2, 0) is 4.74 Å². The molecule has 2 aromatic heterocycles. The molecule has 18 heavy (non-hydrogen) atoms. The van der Waals surface area contributed by atoms with Gasteiger partial charge < -0.3 is 20.1 Å². The first-order valence-electron chi connectivity index (χ1n) is 5.84. The number of rotatable bonds is 3. The van der Waals surface area contributed by atoms with Crippen LogP contribution in [0, 0.1) is 5.92 Å². The van der Waals surface area contributed by atoms with Crippen molar-refractivity contribution in [2.45, 2.75) is 6.10 Å². The van der Waals surface area contributed by atoms with Crippen molar-refractivity contribution in [1.82, 2.24) is 10.3 Å². The van der Waals surface area contributed by atoms with Crippen molar-refractivity contribution >= 4 is 27.5 Å². The summed E-state index contributed by atoms with van der Waals surface area (Å²) in [5.41, 5.74) is 1.54. The van der Waals surface area contributed by atoms with Gasteiger partial charge in [0.1, 0.15) is 5.69 Å². The number of carbonyl (C=O) groups excluding carboxylic acids is 1. The molecule has 1 fully saturated rings. The fraction of sp³-hybridized carbons (Fsp3) is 0.417. The van der Waals surface area contributed by atoms with E-state index in [1.165, 1.54) is 0 Å². The van der Waals surface area contributed by atoms with E-state index >= 15 is 0 Å². The van der Waals surface area contributed by atoms with E-state index in [2.05, 4.69) is 10.3 Å². The molecular weight excluding hydrogens is 252 g/mol. The lowest BCUT2D eigenvalue weighted by molar-refractivity contribution is 0.0921. The van der Waals surface area contributed by atoms with Crippen molar-refractivity contribution in [2.75, 3.05) is 19.8 Å². The largest absolute Gasteiger partial charge is 0.390 e. The Kier molecular flexibility index (Phi) is 3.07. The Balaban J connectivity index is 1.62. The Morgan fingerprint density at radius 1 is 1.61 bits per heavy atom. The maximum atomic E-state index is 11.9.